The molecule has 1 aromatic carbocycles. The van der Waals surface area contributed by atoms with Crippen molar-refractivity contribution in [3.8, 4) is 0 Å². The largest absolute Gasteiger partial charge is 0.339 e. The molecular weight excluding hydrogens is 306 g/mol. The van der Waals surface area contributed by atoms with E-state index in [0.29, 0.717) is 9.79 Å². The van der Waals surface area contributed by atoms with Crippen LogP contribution in [-0.4, -0.2) is 43.8 Å². The minimum Gasteiger partial charge on any atom is -0.339 e. The highest BCUT2D eigenvalue weighted by Crippen LogP contribution is 2.27. The number of sulfone groups is 1. The first-order valence-corrected chi connectivity index (χ1v) is 9.98. The van der Waals surface area contributed by atoms with Crippen LogP contribution in [0.4, 0.5) is 0 Å². The van der Waals surface area contributed by atoms with Crippen molar-refractivity contribution in [2.45, 2.75) is 42.0 Å². The highest BCUT2D eigenvalue weighted by atomic mass is 32.2. The SMILES string of the molecule is CC1CCCCN1C(=O)CSc1ccccc1S(C)(=O)=O. The molecule has 4 nitrogen and oxygen atoms in total. The summed E-state index contributed by atoms with van der Waals surface area (Å²) in [4.78, 5) is 15.2. The maximum absolute atomic E-state index is 12.3. The molecule has 0 N–H and O–H groups in total. The number of benzene rings is 1. The number of thioether (sulfide) groups is 1. The topological polar surface area (TPSA) is 54.5 Å². The Labute approximate surface area is 130 Å². The summed E-state index contributed by atoms with van der Waals surface area (Å²) in [5, 5.41) is 0. The third-order valence-corrected chi connectivity index (χ3v) is 6.07. The Kier molecular flexibility index (Phi) is 5.32. The van der Waals surface area contributed by atoms with Gasteiger partial charge in [-0.2, -0.15) is 0 Å². The zero-order valence-electron chi connectivity index (χ0n) is 12.4. The van der Waals surface area contributed by atoms with Gasteiger partial charge in [0.15, 0.2) is 9.84 Å². The average molecular weight is 327 g/mol. The van der Waals surface area contributed by atoms with Crippen molar-refractivity contribution in [1.82, 2.24) is 4.90 Å². The Morgan fingerprint density at radius 2 is 2.05 bits per heavy atom. The van der Waals surface area contributed by atoms with Gasteiger partial charge in [0.2, 0.25) is 5.91 Å². The van der Waals surface area contributed by atoms with E-state index in [1.165, 1.54) is 24.4 Å². The number of rotatable bonds is 4. The van der Waals surface area contributed by atoms with Crippen molar-refractivity contribution in [3.63, 3.8) is 0 Å². The Bertz CT molecular complexity index is 613. The third kappa shape index (κ3) is 4.23. The van der Waals surface area contributed by atoms with Crippen molar-refractivity contribution >= 4 is 27.5 Å². The lowest BCUT2D eigenvalue weighted by Crippen LogP contribution is -2.42. The van der Waals surface area contributed by atoms with Crippen LogP contribution in [0.3, 0.4) is 0 Å². The summed E-state index contributed by atoms with van der Waals surface area (Å²) in [6.45, 7) is 2.89. The van der Waals surface area contributed by atoms with Crippen LogP contribution in [-0.2, 0) is 14.6 Å². The molecule has 1 atom stereocenters. The van der Waals surface area contributed by atoms with Crippen molar-refractivity contribution in [1.29, 1.82) is 0 Å². The molecule has 1 aromatic rings. The number of nitrogens with zero attached hydrogens (tertiary/aromatic N) is 1. The Hall–Kier alpha value is -1.01. The van der Waals surface area contributed by atoms with Gasteiger partial charge in [-0.05, 0) is 38.3 Å². The number of amides is 1. The van der Waals surface area contributed by atoms with E-state index in [1.54, 1.807) is 24.3 Å². The molecular formula is C15H21NO3S2. The summed E-state index contributed by atoms with van der Waals surface area (Å²) in [5.74, 6) is 0.382. The second kappa shape index (κ2) is 6.83. The van der Waals surface area contributed by atoms with Gasteiger partial charge in [0.05, 0.1) is 10.6 Å². The fourth-order valence-corrected chi connectivity index (χ4v) is 4.79. The normalized spacial score (nSPS) is 19.5. The first-order valence-electron chi connectivity index (χ1n) is 7.11. The second-order valence-electron chi connectivity index (χ2n) is 5.44. The molecule has 1 saturated heterocycles. The molecule has 0 aliphatic carbocycles. The Morgan fingerprint density at radius 3 is 2.71 bits per heavy atom. The fourth-order valence-electron chi connectivity index (χ4n) is 2.57. The lowest BCUT2D eigenvalue weighted by Gasteiger charge is -2.33. The zero-order valence-corrected chi connectivity index (χ0v) is 14.0. The van der Waals surface area contributed by atoms with Crippen molar-refractivity contribution in [2.75, 3.05) is 18.6 Å². The third-order valence-electron chi connectivity index (χ3n) is 3.72. The van der Waals surface area contributed by atoms with Gasteiger partial charge in [-0.1, -0.05) is 12.1 Å². The smallest absolute Gasteiger partial charge is 0.233 e. The molecule has 0 radical (unpaired) electrons. The van der Waals surface area contributed by atoms with Crippen molar-refractivity contribution in [2.24, 2.45) is 0 Å². The van der Waals surface area contributed by atoms with Crippen LogP contribution in [0.25, 0.3) is 0 Å². The van der Waals surface area contributed by atoms with E-state index in [4.69, 9.17) is 0 Å². The van der Waals surface area contributed by atoms with Gasteiger partial charge in [-0.3, -0.25) is 4.79 Å². The molecule has 116 valence electrons. The molecule has 2 rings (SSSR count). The van der Waals surface area contributed by atoms with Crippen LogP contribution in [0.15, 0.2) is 34.1 Å². The van der Waals surface area contributed by atoms with E-state index >= 15 is 0 Å². The highest BCUT2D eigenvalue weighted by Gasteiger charge is 2.23. The molecule has 1 fully saturated rings. The first-order chi connectivity index (χ1) is 9.89. The van der Waals surface area contributed by atoms with E-state index in [2.05, 4.69) is 6.92 Å². The first kappa shape index (κ1) is 16.4. The van der Waals surface area contributed by atoms with E-state index in [-0.39, 0.29) is 17.7 Å². The summed E-state index contributed by atoms with van der Waals surface area (Å²) in [5.41, 5.74) is 0. The molecule has 21 heavy (non-hydrogen) atoms. The zero-order chi connectivity index (χ0) is 15.5. The van der Waals surface area contributed by atoms with E-state index in [0.717, 1.165) is 19.4 Å². The van der Waals surface area contributed by atoms with Gasteiger partial charge >= 0.3 is 0 Å². The van der Waals surface area contributed by atoms with Crippen LogP contribution in [0, 0.1) is 0 Å². The van der Waals surface area contributed by atoms with E-state index in [1.807, 2.05) is 4.90 Å². The summed E-state index contributed by atoms with van der Waals surface area (Å²) in [6.07, 6.45) is 4.48. The van der Waals surface area contributed by atoms with Crippen LogP contribution < -0.4 is 0 Å². The van der Waals surface area contributed by atoms with Gasteiger partial charge in [0, 0.05) is 23.7 Å². The van der Waals surface area contributed by atoms with Crippen molar-refractivity contribution in [3.05, 3.63) is 24.3 Å². The van der Waals surface area contributed by atoms with Crippen molar-refractivity contribution < 1.29 is 13.2 Å². The Morgan fingerprint density at radius 1 is 1.33 bits per heavy atom. The molecule has 1 aliphatic heterocycles. The lowest BCUT2D eigenvalue weighted by molar-refractivity contribution is -0.131. The average Bonchev–Trinajstić information content (AvgIpc) is 2.44. The minimum absolute atomic E-state index is 0.0931. The van der Waals surface area contributed by atoms with Gasteiger partial charge in [-0.15, -0.1) is 11.8 Å². The molecule has 6 heteroatoms. The number of likely N-dealkylation sites (tertiary alicyclic amines) is 1. The number of carbonyl (C=O) groups excluding carboxylic acids is 1. The summed E-state index contributed by atoms with van der Waals surface area (Å²) < 4.78 is 23.5. The highest BCUT2D eigenvalue weighted by molar-refractivity contribution is 8.00. The number of carbonyl (C=O) groups is 1. The van der Waals surface area contributed by atoms with Gasteiger partial charge in [0.25, 0.3) is 0 Å². The minimum atomic E-state index is -3.26. The molecule has 1 amide bonds. The molecule has 0 saturated carbocycles. The van der Waals surface area contributed by atoms with Gasteiger partial charge < -0.3 is 4.90 Å². The molecule has 1 unspecified atom stereocenters. The summed E-state index contributed by atoms with van der Waals surface area (Å²) in [6, 6.07) is 7.14. The van der Waals surface area contributed by atoms with E-state index in [9.17, 15) is 13.2 Å². The summed E-state index contributed by atoms with van der Waals surface area (Å²) in [7, 11) is -3.26. The monoisotopic (exact) mass is 327 g/mol. The summed E-state index contributed by atoms with van der Waals surface area (Å²) >= 11 is 1.31. The maximum Gasteiger partial charge on any atom is 0.233 e. The predicted octanol–water partition coefficient (Wildman–Crippen LogP) is 2.58. The van der Waals surface area contributed by atoms with Gasteiger partial charge in [-0.25, -0.2) is 8.42 Å². The van der Waals surface area contributed by atoms with Crippen LogP contribution >= 0.6 is 11.8 Å². The number of piperidine rings is 1. The van der Waals surface area contributed by atoms with Gasteiger partial charge in [0.1, 0.15) is 0 Å². The quantitative estimate of drug-likeness (QED) is 0.798. The maximum atomic E-state index is 12.3. The molecule has 0 aromatic heterocycles. The molecule has 1 aliphatic rings. The lowest BCUT2D eigenvalue weighted by atomic mass is 10.0. The fraction of sp³-hybridized carbons (Fsp3) is 0.533. The van der Waals surface area contributed by atoms with Crippen LogP contribution in [0.2, 0.25) is 0 Å². The Balaban J connectivity index is 2.05. The molecule has 0 bridgehead atoms. The van der Waals surface area contributed by atoms with Crippen LogP contribution in [0.5, 0.6) is 0 Å². The molecule has 0 spiro atoms. The second-order valence-corrected chi connectivity index (χ2v) is 8.44. The number of hydrogen-bond acceptors (Lipinski definition) is 4. The standard InChI is InChI=1S/C15H21NO3S2/c1-12-7-5-6-10-16(12)15(17)11-20-13-8-3-4-9-14(13)21(2,18)19/h3-4,8-9,12H,5-7,10-11H2,1-2H3. The number of hydrogen-bond donors (Lipinski definition) is 0. The molecule has 1 heterocycles. The predicted molar refractivity (Wildman–Crippen MR) is 85.3 cm³/mol. The van der Waals surface area contributed by atoms with Crippen LogP contribution in [0.1, 0.15) is 26.2 Å². The van der Waals surface area contributed by atoms with E-state index < -0.39 is 9.84 Å².